The van der Waals surface area contributed by atoms with Crippen LogP contribution in [0.4, 0.5) is 4.39 Å². The Kier molecular flexibility index (Phi) is 4.53. The summed E-state index contributed by atoms with van der Waals surface area (Å²) in [6.45, 7) is 6.58. The summed E-state index contributed by atoms with van der Waals surface area (Å²) in [5.74, 6) is -0.0222. The van der Waals surface area contributed by atoms with E-state index >= 15 is 0 Å². The van der Waals surface area contributed by atoms with Crippen LogP contribution in [0.15, 0.2) is 24.3 Å². The second-order valence-corrected chi connectivity index (χ2v) is 7.30. The lowest BCUT2D eigenvalue weighted by molar-refractivity contribution is 0.0303. The lowest BCUT2D eigenvalue weighted by Gasteiger charge is -2.27. The molecule has 3 nitrogen and oxygen atoms in total. The van der Waals surface area contributed by atoms with E-state index in [1.165, 1.54) is 0 Å². The molecule has 2 aromatic rings. The summed E-state index contributed by atoms with van der Waals surface area (Å²) in [6, 6.07) is 7.44. The van der Waals surface area contributed by atoms with Gasteiger partial charge in [0, 0.05) is 18.7 Å². The van der Waals surface area contributed by atoms with E-state index in [4.69, 9.17) is 4.74 Å². The van der Waals surface area contributed by atoms with Gasteiger partial charge in [-0.25, -0.2) is 4.39 Å². The molecule has 1 aliphatic heterocycles. The van der Waals surface area contributed by atoms with Gasteiger partial charge in [-0.2, -0.15) is 0 Å². The Bertz CT molecular complexity index is 846. The van der Waals surface area contributed by atoms with Crippen LogP contribution in [-0.2, 0) is 17.6 Å². The highest BCUT2D eigenvalue weighted by Gasteiger charge is 2.23. The molecule has 136 valence electrons. The first-order valence-electron chi connectivity index (χ1n) is 9.35. The molecule has 1 aliphatic carbocycles. The van der Waals surface area contributed by atoms with Gasteiger partial charge in [0.2, 0.25) is 0 Å². The molecule has 0 atom stereocenters. The number of morpholine rings is 1. The van der Waals surface area contributed by atoms with Crippen molar-refractivity contribution >= 4 is 5.91 Å². The molecule has 0 bridgehead atoms. The molecule has 1 fully saturated rings. The van der Waals surface area contributed by atoms with E-state index in [1.807, 2.05) is 36.9 Å². The minimum absolute atomic E-state index is 0.0652. The van der Waals surface area contributed by atoms with Crippen molar-refractivity contribution in [1.29, 1.82) is 0 Å². The van der Waals surface area contributed by atoms with Gasteiger partial charge < -0.3 is 9.64 Å². The molecule has 1 heterocycles. The number of carbonyl (C=O) groups excluding carboxylic acids is 1. The summed E-state index contributed by atoms with van der Waals surface area (Å²) < 4.78 is 19.4. The van der Waals surface area contributed by atoms with E-state index in [0.29, 0.717) is 26.3 Å². The van der Waals surface area contributed by atoms with Crippen molar-refractivity contribution in [3.8, 4) is 11.1 Å². The second kappa shape index (κ2) is 6.84. The Hall–Kier alpha value is -2.20. The molecule has 1 saturated heterocycles. The Labute approximate surface area is 153 Å². The van der Waals surface area contributed by atoms with Gasteiger partial charge in [0.25, 0.3) is 5.91 Å². The highest BCUT2D eigenvalue weighted by Crippen LogP contribution is 2.37. The van der Waals surface area contributed by atoms with Crippen LogP contribution in [0.1, 0.15) is 39.0 Å². The third-order valence-corrected chi connectivity index (χ3v) is 5.57. The fourth-order valence-electron chi connectivity index (χ4n) is 4.36. The number of hydrogen-bond donors (Lipinski definition) is 0. The SMILES string of the molecule is Cc1cc(C(=O)N2CCOCC2)cc(C)c1-c1ccc(F)c2c1CCC2. The number of halogens is 1. The van der Waals surface area contributed by atoms with Crippen LogP contribution in [0.5, 0.6) is 0 Å². The molecule has 0 spiro atoms. The van der Waals surface area contributed by atoms with Crippen molar-refractivity contribution in [3.05, 3.63) is 57.9 Å². The van der Waals surface area contributed by atoms with Crippen molar-refractivity contribution in [2.24, 2.45) is 0 Å². The predicted octanol–water partition coefficient (Wildman–Crippen LogP) is 4.07. The molecule has 2 aromatic carbocycles. The maximum Gasteiger partial charge on any atom is 0.254 e. The number of fused-ring (bicyclic) bond motifs is 1. The van der Waals surface area contributed by atoms with Crippen molar-refractivity contribution in [2.75, 3.05) is 26.3 Å². The zero-order valence-corrected chi connectivity index (χ0v) is 15.4. The van der Waals surface area contributed by atoms with Gasteiger partial charge >= 0.3 is 0 Å². The third-order valence-electron chi connectivity index (χ3n) is 5.57. The van der Waals surface area contributed by atoms with Crippen LogP contribution in [0, 0.1) is 19.7 Å². The van der Waals surface area contributed by atoms with Gasteiger partial charge in [-0.15, -0.1) is 0 Å². The maximum absolute atomic E-state index is 14.1. The Morgan fingerprint density at radius 2 is 1.69 bits per heavy atom. The van der Waals surface area contributed by atoms with E-state index in [-0.39, 0.29) is 11.7 Å². The highest BCUT2D eigenvalue weighted by molar-refractivity contribution is 5.96. The topological polar surface area (TPSA) is 29.5 Å². The van der Waals surface area contributed by atoms with E-state index in [2.05, 4.69) is 0 Å². The molecular formula is C22H24FNO2. The number of nitrogens with zero attached hydrogens (tertiary/aromatic N) is 1. The van der Waals surface area contributed by atoms with Crippen molar-refractivity contribution in [1.82, 2.24) is 4.90 Å². The monoisotopic (exact) mass is 353 g/mol. The highest BCUT2D eigenvalue weighted by atomic mass is 19.1. The first-order valence-corrected chi connectivity index (χ1v) is 9.35. The van der Waals surface area contributed by atoms with Crippen LogP contribution in [0.3, 0.4) is 0 Å². The minimum atomic E-state index is -0.0873. The number of amides is 1. The number of benzene rings is 2. The van der Waals surface area contributed by atoms with Gasteiger partial charge in [0.05, 0.1) is 13.2 Å². The van der Waals surface area contributed by atoms with Crippen molar-refractivity contribution < 1.29 is 13.9 Å². The van der Waals surface area contributed by atoms with Crippen LogP contribution in [-0.4, -0.2) is 37.1 Å². The van der Waals surface area contributed by atoms with Gasteiger partial charge in [0.15, 0.2) is 0 Å². The normalized spacial score (nSPS) is 16.7. The molecule has 2 aliphatic rings. The third kappa shape index (κ3) is 2.92. The molecule has 0 radical (unpaired) electrons. The molecule has 0 N–H and O–H groups in total. The predicted molar refractivity (Wildman–Crippen MR) is 100 cm³/mol. The standard InChI is InChI=1S/C22H24FNO2/c1-14-12-16(22(25)24-8-10-26-11-9-24)13-15(2)21(14)19-6-7-20(23)18-5-3-4-17(18)19/h6-7,12-13H,3-5,8-11H2,1-2H3. The van der Waals surface area contributed by atoms with E-state index in [9.17, 15) is 9.18 Å². The van der Waals surface area contributed by atoms with Crippen LogP contribution < -0.4 is 0 Å². The lowest BCUT2D eigenvalue weighted by Crippen LogP contribution is -2.40. The van der Waals surface area contributed by atoms with Crippen LogP contribution in [0.2, 0.25) is 0 Å². The van der Waals surface area contributed by atoms with Crippen molar-refractivity contribution in [2.45, 2.75) is 33.1 Å². The molecule has 0 aromatic heterocycles. The molecular weight excluding hydrogens is 329 g/mol. The molecule has 1 amide bonds. The molecule has 26 heavy (non-hydrogen) atoms. The largest absolute Gasteiger partial charge is 0.378 e. The average Bonchev–Trinajstić information content (AvgIpc) is 3.14. The first-order chi connectivity index (χ1) is 12.6. The Morgan fingerprint density at radius 3 is 2.38 bits per heavy atom. The van der Waals surface area contributed by atoms with Gasteiger partial charge in [-0.05, 0) is 84.7 Å². The molecule has 0 saturated carbocycles. The number of carbonyl (C=O) groups is 1. The fraction of sp³-hybridized carbons (Fsp3) is 0.409. The van der Waals surface area contributed by atoms with Gasteiger partial charge in [-0.3, -0.25) is 4.79 Å². The van der Waals surface area contributed by atoms with Gasteiger partial charge in [-0.1, -0.05) is 6.07 Å². The maximum atomic E-state index is 14.1. The minimum Gasteiger partial charge on any atom is -0.378 e. The Morgan fingerprint density at radius 1 is 1.04 bits per heavy atom. The van der Waals surface area contributed by atoms with Gasteiger partial charge in [0.1, 0.15) is 5.82 Å². The van der Waals surface area contributed by atoms with Crippen LogP contribution >= 0.6 is 0 Å². The zero-order valence-electron chi connectivity index (χ0n) is 15.4. The quantitative estimate of drug-likeness (QED) is 0.814. The summed E-state index contributed by atoms with van der Waals surface area (Å²) in [4.78, 5) is 14.7. The van der Waals surface area contributed by atoms with Crippen molar-refractivity contribution in [3.63, 3.8) is 0 Å². The molecule has 4 rings (SSSR count). The van der Waals surface area contributed by atoms with E-state index < -0.39 is 0 Å². The summed E-state index contributed by atoms with van der Waals surface area (Å²) in [5, 5.41) is 0. The molecule has 0 unspecified atom stereocenters. The smallest absolute Gasteiger partial charge is 0.254 e. The first kappa shape index (κ1) is 17.2. The number of ether oxygens (including phenoxy) is 1. The fourth-order valence-corrected chi connectivity index (χ4v) is 4.36. The average molecular weight is 353 g/mol. The Balaban J connectivity index is 1.74. The summed E-state index contributed by atoms with van der Waals surface area (Å²) >= 11 is 0. The summed E-state index contributed by atoms with van der Waals surface area (Å²) in [7, 11) is 0. The second-order valence-electron chi connectivity index (χ2n) is 7.30. The zero-order chi connectivity index (χ0) is 18.3. The van der Waals surface area contributed by atoms with Crippen LogP contribution in [0.25, 0.3) is 11.1 Å². The lowest BCUT2D eigenvalue weighted by atomic mass is 9.89. The number of hydrogen-bond acceptors (Lipinski definition) is 2. The summed E-state index contributed by atoms with van der Waals surface area (Å²) in [6.07, 6.45) is 2.76. The van der Waals surface area contributed by atoms with E-state index in [1.54, 1.807) is 6.07 Å². The number of rotatable bonds is 2. The van der Waals surface area contributed by atoms with E-state index in [0.717, 1.165) is 58.2 Å². The molecule has 4 heteroatoms. The summed E-state index contributed by atoms with van der Waals surface area (Å²) in [5.41, 5.74) is 7.15. The number of aryl methyl sites for hydroxylation is 2.